The van der Waals surface area contributed by atoms with E-state index in [2.05, 4.69) is 0 Å². The normalized spacial score (nSPS) is 17.0. The summed E-state index contributed by atoms with van der Waals surface area (Å²) in [5.41, 5.74) is 0.538. The molecule has 0 radical (unpaired) electrons. The zero-order valence-corrected chi connectivity index (χ0v) is 14.0. The highest BCUT2D eigenvalue weighted by Crippen LogP contribution is 2.24. The summed E-state index contributed by atoms with van der Waals surface area (Å²) in [6, 6.07) is 10.8. The molecule has 1 atom stereocenters. The van der Waals surface area contributed by atoms with E-state index in [0.29, 0.717) is 24.5 Å². The van der Waals surface area contributed by atoms with Crippen LogP contribution >= 0.6 is 11.3 Å². The standard InChI is InChI=1S/C18H19NO4S/c20-17(21)11-14-5-2-8-19(14)18(22)13-4-1-6-15(10-13)23-12-16-7-3-9-24-16/h1,3-4,6-7,9-10,14H,2,5,8,11-12H2,(H,20,21). The molecule has 1 aromatic heterocycles. The Labute approximate surface area is 144 Å². The smallest absolute Gasteiger partial charge is 0.305 e. The fraction of sp³-hybridized carbons (Fsp3) is 0.333. The number of thiophene rings is 1. The van der Waals surface area contributed by atoms with E-state index in [4.69, 9.17) is 9.84 Å². The van der Waals surface area contributed by atoms with Crippen LogP contribution < -0.4 is 4.74 Å². The Bertz CT molecular complexity index is 714. The van der Waals surface area contributed by atoms with Gasteiger partial charge in [0.25, 0.3) is 5.91 Å². The monoisotopic (exact) mass is 345 g/mol. The van der Waals surface area contributed by atoms with Crippen LogP contribution in [0, 0.1) is 0 Å². The van der Waals surface area contributed by atoms with E-state index >= 15 is 0 Å². The molecule has 1 fully saturated rings. The first kappa shape index (κ1) is 16.5. The Balaban J connectivity index is 1.68. The molecule has 1 N–H and O–H groups in total. The molecule has 5 nitrogen and oxygen atoms in total. The number of rotatable bonds is 6. The van der Waals surface area contributed by atoms with Gasteiger partial charge in [-0.15, -0.1) is 11.3 Å². The lowest BCUT2D eigenvalue weighted by atomic mass is 10.1. The third kappa shape index (κ3) is 3.94. The molecule has 1 unspecified atom stereocenters. The molecule has 1 saturated heterocycles. The second-order valence-electron chi connectivity index (χ2n) is 5.79. The summed E-state index contributed by atoms with van der Waals surface area (Å²) in [5, 5.41) is 11.0. The van der Waals surface area contributed by atoms with Crippen molar-refractivity contribution in [1.82, 2.24) is 4.90 Å². The number of benzene rings is 1. The Hall–Kier alpha value is -2.34. The molecule has 126 valence electrons. The third-order valence-corrected chi connectivity index (χ3v) is 4.94. The number of carbonyl (C=O) groups is 2. The van der Waals surface area contributed by atoms with Gasteiger partial charge in [-0.25, -0.2) is 0 Å². The van der Waals surface area contributed by atoms with Crippen LogP contribution in [0.5, 0.6) is 5.75 Å². The molecule has 1 amide bonds. The first-order chi connectivity index (χ1) is 11.6. The first-order valence-electron chi connectivity index (χ1n) is 7.91. The summed E-state index contributed by atoms with van der Waals surface area (Å²) in [5.74, 6) is -0.351. The number of likely N-dealkylation sites (tertiary alicyclic amines) is 1. The van der Waals surface area contributed by atoms with Crippen LogP contribution in [0.15, 0.2) is 41.8 Å². The molecule has 6 heteroatoms. The topological polar surface area (TPSA) is 66.8 Å². The van der Waals surface area contributed by atoms with Crippen LogP contribution in [0.2, 0.25) is 0 Å². The zero-order valence-electron chi connectivity index (χ0n) is 13.2. The van der Waals surface area contributed by atoms with Crippen molar-refractivity contribution in [2.75, 3.05) is 6.54 Å². The summed E-state index contributed by atoms with van der Waals surface area (Å²) in [7, 11) is 0. The summed E-state index contributed by atoms with van der Waals surface area (Å²) < 4.78 is 5.74. The lowest BCUT2D eigenvalue weighted by Gasteiger charge is -2.23. The van der Waals surface area contributed by atoms with E-state index in [1.807, 2.05) is 23.6 Å². The van der Waals surface area contributed by atoms with Gasteiger partial charge in [-0.3, -0.25) is 9.59 Å². The van der Waals surface area contributed by atoms with E-state index in [-0.39, 0.29) is 18.4 Å². The van der Waals surface area contributed by atoms with Gasteiger partial charge < -0.3 is 14.7 Å². The molecule has 0 spiro atoms. The largest absolute Gasteiger partial charge is 0.488 e. The summed E-state index contributed by atoms with van der Waals surface area (Å²) in [6.45, 7) is 1.08. The molecule has 0 aliphatic carbocycles. The van der Waals surface area contributed by atoms with E-state index in [9.17, 15) is 9.59 Å². The van der Waals surface area contributed by atoms with Gasteiger partial charge in [-0.05, 0) is 42.5 Å². The average Bonchev–Trinajstić information content (AvgIpc) is 3.23. The SMILES string of the molecule is O=C(O)CC1CCCN1C(=O)c1cccc(OCc2cccs2)c1. The molecule has 1 aliphatic heterocycles. The highest BCUT2D eigenvalue weighted by Gasteiger charge is 2.31. The number of nitrogens with zero attached hydrogens (tertiary/aromatic N) is 1. The molecule has 3 rings (SSSR count). The maximum absolute atomic E-state index is 12.7. The molecular formula is C18H19NO4S. The highest BCUT2D eigenvalue weighted by molar-refractivity contribution is 7.09. The van der Waals surface area contributed by atoms with Crippen LogP contribution in [-0.2, 0) is 11.4 Å². The van der Waals surface area contributed by atoms with Crippen LogP contribution in [0.4, 0.5) is 0 Å². The third-order valence-electron chi connectivity index (χ3n) is 4.09. The Morgan fingerprint density at radius 1 is 1.29 bits per heavy atom. The molecule has 2 aromatic rings. The number of hydrogen-bond donors (Lipinski definition) is 1. The molecule has 0 saturated carbocycles. The van der Waals surface area contributed by atoms with E-state index in [0.717, 1.165) is 17.7 Å². The van der Waals surface area contributed by atoms with Gasteiger partial charge in [-0.2, -0.15) is 0 Å². The predicted molar refractivity (Wildman–Crippen MR) is 91.4 cm³/mol. The van der Waals surface area contributed by atoms with Crippen LogP contribution in [0.25, 0.3) is 0 Å². The van der Waals surface area contributed by atoms with Gasteiger partial charge in [0.15, 0.2) is 0 Å². The second kappa shape index (κ2) is 7.49. The van der Waals surface area contributed by atoms with E-state index < -0.39 is 5.97 Å². The number of carbonyl (C=O) groups excluding carboxylic acids is 1. The van der Waals surface area contributed by atoms with Crippen LogP contribution in [0.1, 0.15) is 34.5 Å². The zero-order chi connectivity index (χ0) is 16.9. The van der Waals surface area contributed by atoms with Gasteiger partial charge >= 0.3 is 5.97 Å². The van der Waals surface area contributed by atoms with E-state index in [1.54, 1.807) is 34.4 Å². The van der Waals surface area contributed by atoms with Gasteiger partial charge in [0.1, 0.15) is 12.4 Å². The number of aliphatic carboxylic acids is 1. The predicted octanol–water partition coefficient (Wildman–Crippen LogP) is 3.41. The van der Waals surface area contributed by atoms with Crippen molar-refractivity contribution in [2.24, 2.45) is 0 Å². The molecule has 1 aromatic carbocycles. The van der Waals surface area contributed by atoms with Gasteiger partial charge in [0.2, 0.25) is 0 Å². The molecular weight excluding hydrogens is 326 g/mol. The average molecular weight is 345 g/mol. The van der Waals surface area contributed by atoms with Gasteiger partial charge in [0, 0.05) is 23.0 Å². The minimum absolute atomic E-state index is 0.000306. The minimum atomic E-state index is -0.868. The molecule has 0 bridgehead atoms. The van der Waals surface area contributed by atoms with Crippen LogP contribution in [0.3, 0.4) is 0 Å². The lowest BCUT2D eigenvalue weighted by Crippen LogP contribution is -2.36. The Morgan fingerprint density at radius 3 is 2.92 bits per heavy atom. The quantitative estimate of drug-likeness (QED) is 0.871. The molecule has 2 heterocycles. The van der Waals surface area contributed by atoms with Gasteiger partial charge in [-0.1, -0.05) is 12.1 Å². The van der Waals surface area contributed by atoms with Crippen molar-refractivity contribution in [3.05, 3.63) is 52.2 Å². The second-order valence-corrected chi connectivity index (χ2v) is 6.82. The summed E-state index contributed by atoms with van der Waals surface area (Å²) >= 11 is 1.62. The van der Waals surface area contributed by atoms with Crippen LogP contribution in [-0.4, -0.2) is 34.5 Å². The molecule has 24 heavy (non-hydrogen) atoms. The van der Waals surface area contributed by atoms with Crippen molar-refractivity contribution < 1.29 is 19.4 Å². The number of ether oxygens (including phenoxy) is 1. The van der Waals surface area contributed by atoms with Crippen molar-refractivity contribution in [3.8, 4) is 5.75 Å². The number of carboxylic acid groups (broad SMARTS) is 1. The van der Waals surface area contributed by atoms with Crippen molar-refractivity contribution in [2.45, 2.75) is 31.9 Å². The fourth-order valence-electron chi connectivity index (χ4n) is 2.95. The minimum Gasteiger partial charge on any atom is -0.488 e. The van der Waals surface area contributed by atoms with Crippen molar-refractivity contribution in [1.29, 1.82) is 0 Å². The summed E-state index contributed by atoms with van der Waals surface area (Å²) in [4.78, 5) is 26.4. The van der Waals surface area contributed by atoms with Crippen molar-refractivity contribution >= 4 is 23.2 Å². The number of carboxylic acids is 1. The number of amides is 1. The maximum Gasteiger partial charge on any atom is 0.305 e. The van der Waals surface area contributed by atoms with Gasteiger partial charge in [0.05, 0.1) is 6.42 Å². The highest BCUT2D eigenvalue weighted by atomic mass is 32.1. The first-order valence-corrected chi connectivity index (χ1v) is 8.79. The molecule has 1 aliphatic rings. The van der Waals surface area contributed by atoms with Crippen molar-refractivity contribution in [3.63, 3.8) is 0 Å². The van der Waals surface area contributed by atoms with E-state index in [1.165, 1.54) is 0 Å². The fourth-order valence-corrected chi connectivity index (χ4v) is 3.57. The lowest BCUT2D eigenvalue weighted by molar-refractivity contribution is -0.137. The number of hydrogen-bond acceptors (Lipinski definition) is 4. The Morgan fingerprint density at radius 2 is 2.17 bits per heavy atom. The Kier molecular flexibility index (Phi) is 5.15. The maximum atomic E-state index is 12.7. The summed E-state index contributed by atoms with van der Waals surface area (Å²) in [6.07, 6.45) is 1.59.